The van der Waals surface area contributed by atoms with Gasteiger partial charge in [-0.05, 0) is 17.7 Å². The van der Waals surface area contributed by atoms with Crippen LogP contribution < -0.4 is 5.32 Å². The zero-order valence-electron chi connectivity index (χ0n) is 18.1. The summed E-state index contributed by atoms with van der Waals surface area (Å²) in [7, 11) is 0. The van der Waals surface area contributed by atoms with Crippen molar-refractivity contribution in [3.05, 3.63) is 35.4 Å². The van der Waals surface area contributed by atoms with Gasteiger partial charge in [-0.25, -0.2) is 9.59 Å². The molecule has 0 fully saturated rings. The van der Waals surface area contributed by atoms with Crippen molar-refractivity contribution in [1.29, 1.82) is 0 Å². The number of amides is 2. The van der Waals surface area contributed by atoms with Gasteiger partial charge in [-0.15, -0.1) is 0 Å². The zero-order chi connectivity index (χ0) is 23.4. The van der Waals surface area contributed by atoms with Gasteiger partial charge in [-0.3, -0.25) is 9.59 Å². The number of ether oxygens (including phenoxy) is 2. The molecule has 10 heteroatoms. The Balaban J connectivity index is 2.84. The van der Waals surface area contributed by atoms with E-state index < -0.39 is 36.5 Å². The summed E-state index contributed by atoms with van der Waals surface area (Å²) in [6.45, 7) is 3.81. The molecule has 0 unspecified atom stereocenters. The smallest absolute Gasteiger partial charge is 0.331 e. The summed E-state index contributed by atoms with van der Waals surface area (Å²) >= 11 is 0. The monoisotopic (exact) mass is 438 g/mol. The van der Waals surface area contributed by atoms with E-state index in [4.69, 9.17) is 19.7 Å². The van der Waals surface area contributed by atoms with E-state index in [0.717, 1.165) is 5.56 Å². The maximum atomic E-state index is 12.9. The summed E-state index contributed by atoms with van der Waals surface area (Å²) in [5.74, 6) is -2.17. The Kier molecular flexibility index (Phi) is 10.6. The molecule has 3 N–H and O–H groups in total. The number of hydrogen-bond acceptors (Lipinski definition) is 8. The molecule has 31 heavy (non-hydrogen) atoms. The van der Waals surface area contributed by atoms with E-state index in [9.17, 15) is 19.2 Å². The Hall–Kier alpha value is -2.98. The third kappa shape index (κ3) is 9.58. The molecule has 0 saturated heterocycles. The number of carbonyl (C=O) groups is 4. The minimum atomic E-state index is -0.823. The predicted molar refractivity (Wildman–Crippen MR) is 110 cm³/mol. The van der Waals surface area contributed by atoms with Gasteiger partial charge in [0.25, 0.3) is 5.91 Å². The van der Waals surface area contributed by atoms with Gasteiger partial charge >= 0.3 is 11.9 Å². The largest absolute Gasteiger partial charge is 0.462 e. The van der Waals surface area contributed by atoms with Gasteiger partial charge in [0.15, 0.2) is 0 Å². The van der Waals surface area contributed by atoms with Crippen molar-refractivity contribution in [1.82, 2.24) is 10.2 Å². The van der Waals surface area contributed by atoms with Crippen molar-refractivity contribution in [3.8, 4) is 0 Å². The van der Waals surface area contributed by atoms with E-state index in [1.54, 1.807) is 45.0 Å². The number of nitrogens with one attached hydrogen (secondary N) is 1. The maximum Gasteiger partial charge on any atom is 0.331 e. The Bertz CT molecular complexity index is 751. The van der Waals surface area contributed by atoms with E-state index in [-0.39, 0.29) is 38.8 Å². The molecule has 0 aliphatic carbocycles. The summed E-state index contributed by atoms with van der Waals surface area (Å²) in [6, 6.07) is 6.69. The highest BCUT2D eigenvalue weighted by Gasteiger charge is 2.21. The van der Waals surface area contributed by atoms with Crippen LogP contribution in [-0.4, -0.2) is 78.4 Å². The van der Waals surface area contributed by atoms with Crippen LogP contribution in [0.3, 0.4) is 0 Å². The standard InChI is InChI=1S/C21H30N2O8/c1-21(2,3)20(29)22-12-15-5-4-6-16(11-15)19(28)23(7-9-30-17(26)13-24)8-10-31-18(27)14-25/h4-6,11,24-25H,7-10,12-14H2,1-3H3,(H,22,29). The van der Waals surface area contributed by atoms with Crippen molar-refractivity contribution >= 4 is 23.8 Å². The second-order valence-corrected chi connectivity index (χ2v) is 7.68. The topological polar surface area (TPSA) is 142 Å². The molecule has 172 valence electrons. The molecule has 0 aliphatic heterocycles. The number of esters is 2. The minimum absolute atomic E-state index is 0.00619. The van der Waals surface area contributed by atoms with E-state index >= 15 is 0 Å². The SMILES string of the molecule is CC(C)(C)C(=O)NCc1cccc(C(=O)N(CCOC(=O)CO)CCOC(=O)CO)c1. The van der Waals surface area contributed by atoms with Gasteiger partial charge in [0.1, 0.15) is 26.4 Å². The Morgan fingerprint density at radius 2 is 1.52 bits per heavy atom. The molecule has 1 rings (SSSR count). The van der Waals surface area contributed by atoms with Gasteiger partial charge in [0.05, 0.1) is 13.1 Å². The third-order valence-corrected chi connectivity index (χ3v) is 4.10. The summed E-state index contributed by atoms with van der Waals surface area (Å²) in [6.07, 6.45) is 0. The van der Waals surface area contributed by atoms with Crippen LogP contribution in [0.4, 0.5) is 0 Å². The molecular formula is C21H30N2O8. The predicted octanol–water partition coefficient (Wildman–Crippen LogP) is -0.138. The molecule has 0 heterocycles. The average Bonchev–Trinajstić information content (AvgIpc) is 2.74. The first-order valence-corrected chi connectivity index (χ1v) is 9.78. The molecule has 0 spiro atoms. The van der Waals surface area contributed by atoms with Crippen LogP contribution >= 0.6 is 0 Å². The molecule has 2 amide bonds. The van der Waals surface area contributed by atoms with Gasteiger partial charge < -0.3 is 29.9 Å². The lowest BCUT2D eigenvalue weighted by atomic mass is 9.95. The molecule has 1 aromatic rings. The summed E-state index contributed by atoms with van der Waals surface area (Å²) < 4.78 is 9.60. The average molecular weight is 438 g/mol. The Morgan fingerprint density at radius 3 is 2.00 bits per heavy atom. The fourth-order valence-electron chi connectivity index (χ4n) is 2.39. The van der Waals surface area contributed by atoms with Crippen LogP contribution in [0.2, 0.25) is 0 Å². The minimum Gasteiger partial charge on any atom is -0.462 e. The van der Waals surface area contributed by atoms with Gasteiger partial charge in [0.2, 0.25) is 5.91 Å². The van der Waals surface area contributed by atoms with E-state index in [2.05, 4.69) is 5.32 Å². The summed E-state index contributed by atoms with van der Waals surface area (Å²) in [5, 5.41) is 20.3. The van der Waals surface area contributed by atoms with Gasteiger partial charge in [-0.1, -0.05) is 32.9 Å². The van der Waals surface area contributed by atoms with Crippen LogP contribution in [0.15, 0.2) is 24.3 Å². The third-order valence-electron chi connectivity index (χ3n) is 4.10. The number of hydrogen-bond donors (Lipinski definition) is 3. The molecule has 0 aromatic heterocycles. The number of benzene rings is 1. The Morgan fingerprint density at radius 1 is 0.968 bits per heavy atom. The van der Waals surface area contributed by atoms with Crippen LogP contribution in [0.25, 0.3) is 0 Å². The number of carbonyl (C=O) groups excluding carboxylic acids is 4. The molecular weight excluding hydrogens is 408 g/mol. The number of nitrogens with zero attached hydrogens (tertiary/aromatic N) is 1. The molecule has 0 saturated carbocycles. The number of aliphatic hydroxyl groups is 2. The maximum absolute atomic E-state index is 12.9. The highest BCUT2D eigenvalue weighted by Crippen LogP contribution is 2.14. The van der Waals surface area contributed by atoms with Crippen molar-refractivity contribution in [2.24, 2.45) is 5.41 Å². The zero-order valence-corrected chi connectivity index (χ0v) is 18.1. The first kappa shape index (κ1) is 26.1. The normalized spacial score (nSPS) is 10.9. The molecule has 0 aliphatic rings. The molecule has 0 bridgehead atoms. The Labute approximate surface area is 181 Å². The first-order valence-electron chi connectivity index (χ1n) is 9.78. The second kappa shape index (κ2) is 12.7. The van der Waals surface area contributed by atoms with Crippen LogP contribution in [0, 0.1) is 5.41 Å². The lowest BCUT2D eigenvalue weighted by molar-refractivity contribution is -0.147. The van der Waals surface area contributed by atoms with Crippen molar-refractivity contribution in [2.75, 3.05) is 39.5 Å². The summed E-state index contributed by atoms with van der Waals surface area (Å²) in [5.41, 5.74) is 0.522. The molecule has 10 nitrogen and oxygen atoms in total. The fourth-order valence-corrected chi connectivity index (χ4v) is 2.39. The van der Waals surface area contributed by atoms with Crippen LogP contribution in [-0.2, 0) is 30.4 Å². The fraction of sp³-hybridized carbons (Fsp3) is 0.524. The van der Waals surface area contributed by atoms with E-state index in [1.165, 1.54) is 4.90 Å². The number of aliphatic hydroxyl groups excluding tert-OH is 2. The van der Waals surface area contributed by atoms with Gasteiger partial charge in [0, 0.05) is 17.5 Å². The lowest BCUT2D eigenvalue weighted by Crippen LogP contribution is -2.38. The molecule has 1 aromatic carbocycles. The van der Waals surface area contributed by atoms with Gasteiger partial charge in [-0.2, -0.15) is 0 Å². The highest BCUT2D eigenvalue weighted by atomic mass is 16.5. The quantitative estimate of drug-likeness (QED) is 0.405. The van der Waals surface area contributed by atoms with Crippen molar-refractivity contribution in [3.63, 3.8) is 0 Å². The highest BCUT2D eigenvalue weighted by molar-refractivity contribution is 5.94. The summed E-state index contributed by atoms with van der Waals surface area (Å²) in [4.78, 5) is 48.5. The van der Waals surface area contributed by atoms with Crippen LogP contribution in [0.1, 0.15) is 36.7 Å². The van der Waals surface area contributed by atoms with Crippen molar-refractivity contribution in [2.45, 2.75) is 27.3 Å². The molecule has 0 atom stereocenters. The lowest BCUT2D eigenvalue weighted by Gasteiger charge is -2.23. The van der Waals surface area contributed by atoms with Crippen LogP contribution in [0.5, 0.6) is 0 Å². The van der Waals surface area contributed by atoms with E-state index in [1.807, 2.05) is 0 Å². The first-order chi connectivity index (χ1) is 14.6. The molecule has 0 radical (unpaired) electrons. The van der Waals surface area contributed by atoms with Crippen molar-refractivity contribution < 1.29 is 38.9 Å². The number of rotatable bonds is 11. The van der Waals surface area contributed by atoms with E-state index in [0.29, 0.717) is 5.56 Å². The second-order valence-electron chi connectivity index (χ2n) is 7.68.